The van der Waals surface area contributed by atoms with E-state index in [0.29, 0.717) is 12.3 Å². The summed E-state index contributed by atoms with van der Waals surface area (Å²) in [6, 6.07) is 12.0. The van der Waals surface area contributed by atoms with Gasteiger partial charge in [-0.1, -0.05) is 18.2 Å². The van der Waals surface area contributed by atoms with Gasteiger partial charge >= 0.3 is 5.97 Å². The molecule has 0 spiro atoms. The van der Waals surface area contributed by atoms with Crippen LogP contribution in [0, 0.1) is 0 Å². The van der Waals surface area contributed by atoms with Crippen molar-refractivity contribution in [1.82, 2.24) is 9.78 Å². The van der Waals surface area contributed by atoms with Gasteiger partial charge in [-0.15, -0.1) is 23.1 Å². The van der Waals surface area contributed by atoms with Crippen LogP contribution >= 0.6 is 23.1 Å². The van der Waals surface area contributed by atoms with Crippen LogP contribution in [0.1, 0.15) is 23.0 Å². The Hall–Kier alpha value is -2.05. The third kappa shape index (κ3) is 2.38. The molecule has 116 valence electrons. The van der Waals surface area contributed by atoms with E-state index < -0.39 is 0 Å². The molecule has 0 saturated heterocycles. The van der Waals surface area contributed by atoms with Crippen LogP contribution in [0.4, 0.5) is 0 Å². The van der Waals surface area contributed by atoms with Gasteiger partial charge in [-0.2, -0.15) is 5.10 Å². The summed E-state index contributed by atoms with van der Waals surface area (Å²) in [7, 11) is 0. The highest BCUT2D eigenvalue weighted by Crippen LogP contribution is 2.46. The van der Waals surface area contributed by atoms with Gasteiger partial charge in [0, 0.05) is 16.2 Å². The van der Waals surface area contributed by atoms with Crippen molar-refractivity contribution in [2.75, 3.05) is 6.61 Å². The Kier molecular flexibility index (Phi) is 3.71. The molecule has 23 heavy (non-hydrogen) atoms. The number of carbonyl (C=O) groups is 1. The van der Waals surface area contributed by atoms with Crippen LogP contribution in [0.25, 0.3) is 16.3 Å². The smallest absolute Gasteiger partial charge is 0.359 e. The van der Waals surface area contributed by atoms with E-state index in [-0.39, 0.29) is 5.97 Å². The number of hydrogen-bond donors (Lipinski definition) is 0. The van der Waals surface area contributed by atoms with Crippen LogP contribution in [0.15, 0.2) is 46.7 Å². The lowest BCUT2D eigenvalue weighted by Crippen LogP contribution is -2.08. The molecule has 4 rings (SSSR count). The zero-order chi connectivity index (χ0) is 15.8. The van der Waals surface area contributed by atoms with Crippen LogP contribution in [0.5, 0.6) is 0 Å². The monoisotopic (exact) mass is 342 g/mol. The first-order chi connectivity index (χ1) is 11.3. The zero-order valence-electron chi connectivity index (χ0n) is 12.5. The topological polar surface area (TPSA) is 44.1 Å². The molecule has 0 bridgehead atoms. The van der Waals surface area contributed by atoms with E-state index in [9.17, 15) is 4.79 Å². The molecular weight excluding hydrogens is 328 g/mol. The van der Waals surface area contributed by atoms with Crippen molar-refractivity contribution >= 4 is 29.1 Å². The van der Waals surface area contributed by atoms with Crippen molar-refractivity contribution in [1.29, 1.82) is 0 Å². The fourth-order valence-corrected chi connectivity index (χ4v) is 4.89. The molecule has 0 atom stereocenters. The summed E-state index contributed by atoms with van der Waals surface area (Å²) < 4.78 is 7.06. The number of fused-ring (bicyclic) bond motifs is 3. The van der Waals surface area contributed by atoms with Gasteiger partial charge in [0.2, 0.25) is 0 Å². The zero-order valence-corrected chi connectivity index (χ0v) is 14.1. The van der Waals surface area contributed by atoms with Crippen molar-refractivity contribution < 1.29 is 9.53 Å². The first-order valence-corrected chi connectivity index (χ1v) is 9.21. The van der Waals surface area contributed by atoms with E-state index in [1.165, 1.54) is 9.77 Å². The van der Waals surface area contributed by atoms with Crippen LogP contribution in [0.2, 0.25) is 0 Å². The van der Waals surface area contributed by atoms with Gasteiger partial charge in [0.1, 0.15) is 0 Å². The highest BCUT2D eigenvalue weighted by molar-refractivity contribution is 7.99. The van der Waals surface area contributed by atoms with Gasteiger partial charge in [-0.05, 0) is 30.5 Å². The summed E-state index contributed by atoms with van der Waals surface area (Å²) in [5.41, 5.74) is 3.36. The molecule has 6 heteroatoms. The first kappa shape index (κ1) is 14.5. The summed E-state index contributed by atoms with van der Waals surface area (Å²) in [5, 5.41) is 6.68. The minimum atomic E-state index is -0.348. The average Bonchev–Trinajstić information content (AvgIpc) is 3.19. The van der Waals surface area contributed by atoms with Crippen LogP contribution in [-0.2, 0) is 10.5 Å². The lowest BCUT2D eigenvalue weighted by Gasteiger charge is -2.14. The molecule has 0 aliphatic carbocycles. The highest BCUT2D eigenvalue weighted by Gasteiger charge is 2.30. The maximum absolute atomic E-state index is 12.3. The molecule has 0 N–H and O–H groups in total. The van der Waals surface area contributed by atoms with Crippen LogP contribution < -0.4 is 0 Å². The Bertz CT molecular complexity index is 868. The Morgan fingerprint density at radius 1 is 1.30 bits per heavy atom. The van der Waals surface area contributed by atoms with Gasteiger partial charge < -0.3 is 4.74 Å². The lowest BCUT2D eigenvalue weighted by molar-refractivity contribution is 0.0518. The highest BCUT2D eigenvalue weighted by atomic mass is 32.2. The Balaban J connectivity index is 1.95. The number of para-hydroxylation sites is 1. The lowest BCUT2D eigenvalue weighted by atomic mass is 10.1. The Morgan fingerprint density at radius 3 is 2.91 bits per heavy atom. The van der Waals surface area contributed by atoms with Crippen molar-refractivity contribution in [3.8, 4) is 16.3 Å². The summed E-state index contributed by atoms with van der Waals surface area (Å²) in [4.78, 5) is 14.7. The molecule has 0 amide bonds. The third-order valence-corrected chi connectivity index (χ3v) is 5.80. The SMILES string of the molecule is CCOC(=O)c1nn(-c2ccccc2)c2c1CSc1ccsc1-2. The second kappa shape index (κ2) is 5.86. The summed E-state index contributed by atoms with van der Waals surface area (Å²) in [6.45, 7) is 2.16. The molecule has 3 heterocycles. The molecule has 1 aliphatic heterocycles. The van der Waals surface area contributed by atoms with Gasteiger partial charge in [0.05, 0.1) is 22.9 Å². The van der Waals surface area contributed by atoms with E-state index >= 15 is 0 Å². The van der Waals surface area contributed by atoms with Crippen molar-refractivity contribution in [3.05, 3.63) is 53.0 Å². The molecule has 3 aromatic rings. The molecule has 1 aliphatic rings. The summed E-state index contributed by atoms with van der Waals surface area (Å²) in [6.07, 6.45) is 0. The second-order valence-electron chi connectivity index (χ2n) is 5.05. The number of hydrogen-bond acceptors (Lipinski definition) is 5. The number of ether oxygens (including phenoxy) is 1. The molecule has 0 radical (unpaired) electrons. The fourth-order valence-electron chi connectivity index (χ4n) is 2.67. The third-order valence-electron chi connectivity index (χ3n) is 3.67. The fraction of sp³-hybridized carbons (Fsp3) is 0.176. The average molecular weight is 342 g/mol. The van der Waals surface area contributed by atoms with Crippen molar-refractivity contribution in [3.63, 3.8) is 0 Å². The first-order valence-electron chi connectivity index (χ1n) is 7.34. The summed E-state index contributed by atoms with van der Waals surface area (Å²) in [5.74, 6) is 0.388. The minimum absolute atomic E-state index is 0.348. The van der Waals surface area contributed by atoms with Crippen molar-refractivity contribution in [2.45, 2.75) is 17.6 Å². The van der Waals surface area contributed by atoms with E-state index in [1.807, 2.05) is 41.9 Å². The molecular formula is C17H14N2O2S2. The van der Waals surface area contributed by atoms with Gasteiger partial charge in [-0.25, -0.2) is 9.48 Å². The largest absolute Gasteiger partial charge is 0.461 e. The maximum atomic E-state index is 12.3. The van der Waals surface area contributed by atoms with Gasteiger partial charge in [0.15, 0.2) is 5.69 Å². The molecule has 0 saturated carbocycles. The number of esters is 1. The van der Waals surface area contributed by atoms with Crippen molar-refractivity contribution in [2.24, 2.45) is 0 Å². The van der Waals surface area contributed by atoms with E-state index in [1.54, 1.807) is 23.1 Å². The normalized spacial score (nSPS) is 12.6. The summed E-state index contributed by atoms with van der Waals surface area (Å²) >= 11 is 3.43. The number of carbonyl (C=O) groups excluding carboxylic acids is 1. The number of thioether (sulfide) groups is 1. The maximum Gasteiger partial charge on any atom is 0.359 e. The molecule has 1 aromatic carbocycles. The predicted molar refractivity (Wildman–Crippen MR) is 92.4 cm³/mol. The minimum Gasteiger partial charge on any atom is -0.461 e. The van der Waals surface area contributed by atoms with E-state index in [4.69, 9.17) is 4.74 Å². The van der Waals surface area contributed by atoms with E-state index in [2.05, 4.69) is 16.5 Å². The number of thiophene rings is 1. The standard InChI is InChI=1S/C17H14N2O2S2/c1-2-21-17(20)14-12-10-23-13-8-9-22-16(13)15(12)19(18-14)11-6-4-3-5-7-11/h3-9H,2,10H2,1H3. The number of benzene rings is 1. The Labute approximate surface area is 142 Å². The molecule has 2 aromatic heterocycles. The quantitative estimate of drug-likeness (QED) is 0.663. The van der Waals surface area contributed by atoms with Gasteiger partial charge in [0.25, 0.3) is 0 Å². The number of rotatable bonds is 3. The van der Waals surface area contributed by atoms with Gasteiger partial charge in [-0.3, -0.25) is 0 Å². The Morgan fingerprint density at radius 2 is 2.13 bits per heavy atom. The molecule has 0 fully saturated rings. The predicted octanol–water partition coefficient (Wildman–Crippen LogP) is 4.38. The number of aromatic nitrogens is 2. The van der Waals surface area contributed by atoms with E-state index in [0.717, 1.165) is 22.7 Å². The molecule has 0 unspecified atom stereocenters. The second-order valence-corrected chi connectivity index (χ2v) is 6.98. The number of nitrogens with zero attached hydrogens (tertiary/aromatic N) is 2. The van der Waals surface area contributed by atoms with Crippen LogP contribution in [0.3, 0.4) is 0 Å². The van der Waals surface area contributed by atoms with Crippen LogP contribution in [-0.4, -0.2) is 22.4 Å². The molecule has 4 nitrogen and oxygen atoms in total.